The topological polar surface area (TPSA) is 85.6 Å². The smallest absolute Gasteiger partial charge is 0.261 e. The average molecular weight is 516 g/mol. The maximum atomic E-state index is 12.7. The maximum absolute atomic E-state index is 12.7. The van der Waals surface area contributed by atoms with Gasteiger partial charge in [-0.25, -0.2) is 4.98 Å². The number of hydrogen-bond donors (Lipinski definition) is 2. The van der Waals surface area contributed by atoms with E-state index in [2.05, 4.69) is 15.6 Å². The first-order chi connectivity index (χ1) is 16.3. The van der Waals surface area contributed by atoms with Crippen LogP contribution in [0.4, 0.5) is 5.69 Å². The first-order valence-electron chi connectivity index (χ1n) is 10.0. The Morgan fingerprint density at radius 3 is 2.62 bits per heavy atom. The molecule has 7 nitrogen and oxygen atoms in total. The van der Waals surface area contributed by atoms with Crippen molar-refractivity contribution < 1.29 is 18.7 Å². The number of amides is 1. The number of carbonyl (C=O) groups excluding carboxylic acids is 1. The Hall–Kier alpha value is -3.33. The van der Waals surface area contributed by atoms with E-state index < -0.39 is 5.91 Å². The molecule has 1 heterocycles. The van der Waals surface area contributed by atoms with E-state index in [0.29, 0.717) is 49.8 Å². The molecule has 0 unspecified atom stereocenters. The number of benzene rings is 3. The Bertz CT molecular complexity index is 1420. The lowest BCUT2D eigenvalue weighted by atomic mass is 10.1. The Morgan fingerprint density at radius 1 is 1.09 bits per heavy atom. The van der Waals surface area contributed by atoms with Crippen LogP contribution >= 0.6 is 35.4 Å². The molecule has 0 aliphatic rings. The fourth-order valence-corrected chi connectivity index (χ4v) is 4.11. The van der Waals surface area contributed by atoms with Crippen LogP contribution in [0, 0.1) is 6.92 Å². The first-order valence-corrected chi connectivity index (χ1v) is 11.2. The number of carbonyl (C=O) groups is 1. The number of thiocarbonyl (C=S) groups is 1. The van der Waals surface area contributed by atoms with Crippen LogP contribution in [0.3, 0.4) is 0 Å². The van der Waals surface area contributed by atoms with E-state index in [1.54, 1.807) is 30.3 Å². The van der Waals surface area contributed by atoms with E-state index in [4.69, 9.17) is 49.3 Å². The summed E-state index contributed by atoms with van der Waals surface area (Å²) in [5, 5.41) is 6.69. The maximum Gasteiger partial charge on any atom is 0.261 e. The second-order valence-electron chi connectivity index (χ2n) is 7.21. The normalized spacial score (nSPS) is 10.7. The van der Waals surface area contributed by atoms with E-state index in [9.17, 15) is 4.79 Å². The molecule has 0 saturated heterocycles. The summed E-state index contributed by atoms with van der Waals surface area (Å²) >= 11 is 17.7. The molecule has 4 rings (SSSR count). The molecule has 0 aliphatic carbocycles. The Labute approximate surface area is 211 Å². The minimum absolute atomic E-state index is 0.121. The zero-order valence-electron chi connectivity index (χ0n) is 18.4. The number of fused-ring (bicyclic) bond motifs is 1. The molecular formula is C24H19Cl2N3O4S. The van der Waals surface area contributed by atoms with Crippen LogP contribution in [0.5, 0.6) is 11.5 Å². The Morgan fingerprint density at radius 2 is 1.88 bits per heavy atom. The predicted octanol–water partition coefficient (Wildman–Crippen LogP) is 6.25. The lowest BCUT2D eigenvalue weighted by Gasteiger charge is -2.14. The highest BCUT2D eigenvalue weighted by atomic mass is 35.5. The fourth-order valence-electron chi connectivity index (χ4n) is 3.39. The lowest BCUT2D eigenvalue weighted by molar-refractivity contribution is 0.0974. The quantitative estimate of drug-likeness (QED) is 0.303. The van der Waals surface area contributed by atoms with Gasteiger partial charge in [-0.15, -0.1) is 0 Å². The van der Waals surface area contributed by atoms with Gasteiger partial charge in [0.05, 0.1) is 24.8 Å². The third-order valence-corrected chi connectivity index (χ3v) is 5.81. The summed E-state index contributed by atoms with van der Waals surface area (Å²) in [6.45, 7) is 1.89. The minimum atomic E-state index is -0.420. The van der Waals surface area contributed by atoms with Crippen LogP contribution in [0.1, 0.15) is 15.9 Å². The van der Waals surface area contributed by atoms with Gasteiger partial charge in [0, 0.05) is 22.3 Å². The lowest BCUT2D eigenvalue weighted by Crippen LogP contribution is -2.34. The van der Waals surface area contributed by atoms with Gasteiger partial charge in [0.15, 0.2) is 10.7 Å². The van der Waals surface area contributed by atoms with Gasteiger partial charge >= 0.3 is 0 Å². The third kappa shape index (κ3) is 4.79. The first kappa shape index (κ1) is 23.8. The van der Waals surface area contributed by atoms with E-state index >= 15 is 0 Å². The highest BCUT2D eigenvalue weighted by Crippen LogP contribution is 2.34. The summed E-state index contributed by atoms with van der Waals surface area (Å²) < 4.78 is 16.4. The van der Waals surface area contributed by atoms with Crippen LogP contribution in [-0.2, 0) is 0 Å². The number of ether oxygens (including phenoxy) is 2. The number of methoxy groups -OCH3 is 2. The van der Waals surface area contributed by atoms with Crippen molar-refractivity contribution >= 4 is 63.2 Å². The number of nitrogens with zero attached hydrogens (tertiary/aromatic N) is 1. The summed E-state index contributed by atoms with van der Waals surface area (Å²) in [5.41, 5.74) is 3.56. The standard InChI is InChI=1S/C24H19Cl2N3O4S/c1-12-15(23-27-19-10-13(25)9-17(26)21(19)33-23)5-4-6-18(12)28-24(34)29-22(30)16-8-7-14(31-2)11-20(16)32-3/h4-11H,1-3H3,(H2,28,29,30,34). The SMILES string of the molecule is COc1ccc(C(=O)NC(=S)Nc2cccc(-c3nc4cc(Cl)cc(Cl)c4o3)c2C)c(OC)c1. The van der Waals surface area contributed by atoms with Gasteiger partial charge < -0.3 is 19.2 Å². The van der Waals surface area contributed by atoms with Crippen molar-refractivity contribution in [1.29, 1.82) is 0 Å². The van der Waals surface area contributed by atoms with Gasteiger partial charge in [0.1, 0.15) is 17.0 Å². The van der Waals surface area contributed by atoms with Gasteiger partial charge in [0.2, 0.25) is 5.89 Å². The Balaban J connectivity index is 1.55. The van der Waals surface area contributed by atoms with Crippen molar-refractivity contribution in [3.05, 3.63) is 69.7 Å². The highest BCUT2D eigenvalue weighted by Gasteiger charge is 2.18. The summed E-state index contributed by atoms with van der Waals surface area (Å²) in [4.78, 5) is 17.3. The van der Waals surface area contributed by atoms with Crippen molar-refractivity contribution in [2.45, 2.75) is 6.92 Å². The van der Waals surface area contributed by atoms with Crippen LogP contribution in [0.2, 0.25) is 10.0 Å². The molecule has 0 bridgehead atoms. The molecule has 2 N–H and O–H groups in total. The van der Waals surface area contributed by atoms with E-state index in [-0.39, 0.29) is 5.11 Å². The molecule has 174 valence electrons. The molecule has 1 amide bonds. The molecule has 34 heavy (non-hydrogen) atoms. The largest absolute Gasteiger partial charge is 0.497 e. The van der Waals surface area contributed by atoms with Crippen molar-refractivity contribution in [3.63, 3.8) is 0 Å². The number of nitrogens with one attached hydrogen (secondary N) is 2. The summed E-state index contributed by atoms with van der Waals surface area (Å²) in [6, 6.07) is 13.7. The van der Waals surface area contributed by atoms with Gasteiger partial charge in [-0.05, 0) is 61.1 Å². The molecule has 0 saturated carbocycles. The Kier molecular flexibility index (Phi) is 6.92. The van der Waals surface area contributed by atoms with Gasteiger partial charge in [-0.1, -0.05) is 29.3 Å². The van der Waals surface area contributed by atoms with Crippen LogP contribution in [0.15, 0.2) is 52.9 Å². The van der Waals surface area contributed by atoms with Crippen molar-refractivity contribution in [1.82, 2.24) is 10.3 Å². The summed E-state index contributed by atoms with van der Waals surface area (Å²) in [7, 11) is 3.01. The van der Waals surface area contributed by atoms with Crippen molar-refractivity contribution in [3.8, 4) is 23.0 Å². The number of rotatable bonds is 5. The molecular weight excluding hydrogens is 497 g/mol. The molecule has 1 aromatic heterocycles. The monoisotopic (exact) mass is 515 g/mol. The molecule has 0 radical (unpaired) electrons. The average Bonchev–Trinajstić information content (AvgIpc) is 3.24. The van der Waals surface area contributed by atoms with Gasteiger partial charge in [-0.2, -0.15) is 0 Å². The molecule has 3 aromatic carbocycles. The van der Waals surface area contributed by atoms with E-state index in [1.807, 2.05) is 25.1 Å². The number of oxazole rings is 1. The minimum Gasteiger partial charge on any atom is -0.497 e. The zero-order chi connectivity index (χ0) is 24.4. The molecule has 4 aromatic rings. The van der Waals surface area contributed by atoms with Crippen molar-refractivity contribution in [2.75, 3.05) is 19.5 Å². The summed E-state index contributed by atoms with van der Waals surface area (Å²) in [6.07, 6.45) is 0. The van der Waals surface area contributed by atoms with E-state index in [0.717, 1.165) is 11.1 Å². The second kappa shape index (κ2) is 9.89. The highest BCUT2D eigenvalue weighted by molar-refractivity contribution is 7.80. The summed E-state index contributed by atoms with van der Waals surface area (Å²) in [5.74, 6) is 0.909. The van der Waals surface area contributed by atoms with Gasteiger partial charge in [0.25, 0.3) is 5.91 Å². The number of hydrogen-bond acceptors (Lipinski definition) is 6. The molecule has 0 spiro atoms. The molecule has 10 heteroatoms. The predicted molar refractivity (Wildman–Crippen MR) is 137 cm³/mol. The number of halogens is 2. The van der Waals surface area contributed by atoms with Crippen LogP contribution in [0.25, 0.3) is 22.6 Å². The van der Waals surface area contributed by atoms with Crippen LogP contribution in [-0.4, -0.2) is 30.2 Å². The van der Waals surface area contributed by atoms with E-state index in [1.165, 1.54) is 14.2 Å². The molecule has 0 atom stereocenters. The molecule has 0 fully saturated rings. The number of anilines is 1. The third-order valence-electron chi connectivity index (χ3n) is 5.10. The van der Waals surface area contributed by atoms with Crippen molar-refractivity contribution in [2.24, 2.45) is 0 Å². The molecule has 0 aliphatic heterocycles. The number of aromatic nitrogens is 1. The fraction of sp³-hybridized carbons (Fsp3) is 0.125. The zero-order valence-corrected chi connectivity index (χ0v) is 20.7. The van der Waals surface area contributed by atoms with Gasteiger partial charge in [-0.3, -0.25) is 10.1 Å². The second-order valence-corrected chi connectivity index (χ2v) is 8.46. The van der Waals surface area contributed by atoms with Crippen LogP contribution < -0.4 is 20.1 Å².